The zero-order valence-electron chi connectivity index (χ0n) is 18.4. The van der Waals surface area contributed by atoms with E-state index < -0.39 is 0 Å². The molecule has 33 heavy (non-hydrogen) atoms. The van der Waals surface area contributed by atoms with Crippen molar-refractivity contribution in [3.05, 3.63) is 77.9 Å². The minimum Gasteiger partial charge on any atom is -0.352 e. The first-order valence-electron chi connectivity index (χ1n) is 11.5. The number of hydrogen-bond acceptors (Lipinski definition) is 5. The highest BCUT2D eigenvalue weighted by Crippen LogP contribution is 2.37. The molecule has 3 aliphatic heterocycles. The van der Waals surface area contributed by atoms with E-state index in [4.69, 9.17) is 0 Å². The highest BCUT2D eigenvalue weighted by molar-refractivity contribution is 7.98. The molecule has 2 bridgehead atoms. The van der Waals surface area contributed by atoms with Gasteiger partial charge in [-0.25, -0.2) is 4.39 Å². The molecule has 6 rings (SSSR count). The van der Waals surface area contributed by atoms with E-state index in [9.17, 15) is 9.18 Å². The van der Waals surface area contributed by atoms with Crippen LogP contribution >= 0.6 is 11.8 Å². The fourth-order valence-electron chi connectivity index (χ4n) is 4.93. The van der Waals surface area contributed by atoms with E-state index in [1.54, 1.807) is 23.9 Å². The van der Waals surface area contributed by atoms with Crippen molar-refractivity contribution in [1.29, 1.82) is 0 Å². The molecule has 172 valence electrons. The summed E-state index contributed by atoms with van der Waals surface area (Å²) >= 11 is 1.76. The first-order chi connectivity index (χ1) is 16.1. The number of carbonyl (C=O) groups excluding carboxylic acids is 1. The van der Waals surface area contributed by atoms with Gasteiger partial charge < -0.3 is 5.32 Å². The van der Waals surface area contributed by atoms with Crippen LogP contribution in [0.2, 0.25) is 0 Å². The Morgan fingerprint density at radius 2 is 1.97 bits per heavy atom. The Morgan fingerprint density at radius 1 is 1.15 bits per heavy atom. The lowest BCUT2D eigenvalue weighted by molar-refractivity contribution is -0.133. The number of benzene rings is 2. The third-order valence-corrected chi connectivity index (χ3v) is 7.75. The van der Waals surface area contributed by atoms with Gasteiger partial charge in [0.15, 0.2) is 0 Å². The number of amides is 1. The Morgan fingerprint density at radius 3 is 2.73 bits per heavy atom. The van der Waals surface area contributed by atoms with Gasteiger partial charge in [0, 0.05) is 36.0 Å². The maximum atomic E-state index is 13.1. The van der Waals surface area contributed by atoms with Crippen molar-refractivity contribution < 1.29 is 9.18 Å². The molecule has 1 N–H and O–H groups in total. The molecule has 3 aliphatic rings. The van der Waals surface area contributed by atoms with Crippen LogP contribution in [-0.4, -0.2) is 44.9 Å². The van der Waals surface area contributed by atoms with E-state index in [0.29, 0.717) is 18.5 Å². The number of halogens is 1. The van der Waals surface area contributed by atoms with Gasteiger partial charge in [-0.1, -0.05) is 35.5 Å². The lowest BCUT2D eigenvalue weighted by atomic mass is 9.75. The van der Waals surface area contributed by atoms with Crippen LogP contribution < -0.4 is 5.32 Å². The van der Waals surface area contributed by atoms with Crippen LogP contribution in [0.1, 0.15) is 24.1 Å². The van der Waals surface area contributed by atoms with Crippen molar-refractivity contribution in [3.8, 4) is 0 Å². The number of piperidine rings is 3. The standard InChI is InChI=1S/C25H28FN5OS/c26-20-8-6-18(7-9-20)13-27-25(32)24-16-30-11-10-19(24)12-22(30)15-31-14-21(28-29-31)17-33-23-4-2-1-3-5-23/h1-9,14,19,22,24H,10-13,15-17H2,(H,27,32). The molecule has 4 unspecified atom stereocenters. The molecule has 0 radical (unpaired) electrons. The fourth-order valence-corrected chi connectivity index (χ4v) is 5.73. The monoisotopic (exact) mass is 465 g/mol. The van der Waals surface area contributed by atoms with Crippen LogP contribution in [0.5, 0.6) is 0 Å². The predicted molar refractivity (Wildman–Crippen MR) is 126 cm³/mol. The van der Waals surface area contributed by atoms with Gasteiger partial charge in [0.25, 0.3) is 0 Å². The first kappa shape index (κ1) is 22.1. The summed E-state index contributed by atoms with van der Waals surface area (Å²) in [4.78, 5) is 16.5. The number of nitrogens with one attached hydrogen (secondary N) is 1. The minimum atomic E-state index is -0.261. The van der Waals surface area contributed by atoms with E-state index >= 15 is 0 Å². The first-order valence-corrected chi connectivity index (χ1v) is 12.5. The largest absolute Gasteiger partial charge is 0.352 e. The average Bonchev–Trinajstić information content (AvgIpc) is 3.30. The summed E-state index contributed by atoms with van der Waals surface area (Å²) in [6.07, 6.45) is 4.11. The molecule has 4 heterocycles. The van der Waals surface area contributed by atoms with E-state index in [1.165, 1.54) is 17.0 Å². The Labute approximate surface area is 197 Å². The van der Waals surface area contributed by atoms with E-state index in [2.05, 4.69) is 32.7 Å². The SMILES string of the molecule is O=C(NCc1ccc(F)cc1)C1CN2CCC1CC2Cn1cc(CSc2ccccc2)nn1. The maximum Gasteiger partial charge on any atom is 0.224 e. The van der Waals surface area contributed by atoms with Crippen LogP contribution in [0.15, 0.2) is 65.7 Å². The molecule has 0 saturated carbocycles. The van der Waals surface area contributed by atoms with Gasteiger partial charge in [-0.3, -0.25) is 14.4 Å². The number of nitrogens with zero attached hydrogens (tertiary/aromatic N) is 4. The Hall–Kier alpha value is -2.71. The topological polar surface area (TPSA) is 63.1 Å². The fraction of sp³-hybridized carbons (Fsp3) is 0.400. The summed E-state index contributed by atoms with van der Waals surface area (Å²) in [5.74, 6) is 1.06. The number of fused-ring (bicyclic) bond motifs is 3. The second-order valence-corrected chi connectivity index (χ2v) is 9.97. The second kappa shape index (κ2) is 10.1. The molecule has 0 aliphatic carbocycles. The summed E-state index contributed by atoms with van der Waals surface area (Å²) < 4.78 is 15.0. The third-order valence-electron chi connectivity index (χ3n) is 6.71. The molecular formula is C25H28FN5OS. The van der Waals surface area contributed by atoms with Crippen LogP contribution in [-0.2, 0) is 23.6 Å². The summed E-state index contributed by atoms with van der Waals surface area (Å²) in [5.41, 5.74) is 1.90. The highest BCUT2D eigenvalue weighted by atomic mass is 32.2. The zero-order valence-corrected chi connectivity index (χ0v) is 19.3. The molecule has 1 aromatic heterocycles. The molecular weight excluding hydrogens is 437 g/mol. The zero-order chi connectivity index (χ0) is 22.6. The lowest BCUT2D eigenvalue weighted by Gasteiger charge is -2.49. The van der Waals surface area contributed by atoms with Gasteiger partial charge in [-0.2, -0.15) is 0 Å². The number of thioether (sulfide) groups is 1. The van der Waals surface area contributed by atoms with E-state index in [-0.39, 0.29) is 17.6 Å². The quantitative estimate of drug-likeness (QED) is 0.514. The maximum absolute atomic E-state index is 13.1. The van der Waals surface area contributed by atoms with Crippen molar-refractivity contribution >= 4 is 17.7 Å². The van der Waals surface area contributed by atoms with Crippen LogP contribution in [0.25, 0.3) is 0 Å². The van der Waals surface area contributed by atoms with Gasteiger partial charge in [-0.05, 0) is 55.1 Å². The number of carbonyl (C=O) groups is 1. The summed E-state index contributed by atoms with van der Waals surface area (Å²) in [5, 5.41) is 11.7. The molecule has 0 spiro atoms. The highest BCUT2D eigenvalue weighted by Gasteiger charge is 2.43. The van der Waals surface area contributed by atoms with E-state index in [0.717, 1.165) is 49.5 Å². The summed E-state index contributed by atoms with van der Waals surface area (Å²) in [6.45, 7) is 3.07. The Kier molecular flexibility index (Phi) is 6.73. The molecule has 8 heteroatoms. The van der Waals surface area contributed by atoms with Crippen LogP contribution in [0.3, 0.4) is 0 Å². The third kappa shape index (κ3) is 5.45. The average molecular weight is 466 g/mol. The van der Waals surface area contributed by atoms with Crippen molar-refractivity contribution in [3.63, 3.8) is 0 Å². The Balaban J connectivity index is 1.12. The minimum absolute atomic E-state index is 0.0176. The van der Waals surface area contributed by atoms with Crippen LogP contribution in [0.4, 0.5) is 4.39 Å². The van der Waals surface area contributed by atoms with Gasteiger partial charge in [0.1, 0.15) is 5.82 Å². The van der Waals surface area contributed by atoms with Gasteiger partial charge in [0.2, 0.25) is 5.91 Å². The molecule has 4 atom stereocenters. The van der Waals surface area contributed by atoms with Crippen molar-refractivity contribution in [2.75, 3.05) is 13.1 Å². The van der Waals surface area contributed by atoms with Crippen molar-refractivity contribution in [2.24, 2.45) is 11.8 Å². The predicted octanol–water partition coefficient (Wildman–Crippen LogP) is 3.74. The van der Waals surface area contributed by atoms with Crippen molar-refractivity contribution in [2.45, 2.75) is 42.6 Å². The van der Waals surface area contributed by atoms with Crippen molar-refractivity contribution in [1.82, 2.24) is 25.2 Å². The number of hydrogen-bond donors (Lipinski definition) is 1. The van der Waals surface area contributed by atoms with Gasteiger partial charge in [0.05, 0.1) is 18.2 Å². The van der Waals surface area contributed by atoms with Crippen LogP contribution in [0, 0.1) is 17.7 Å². The molecule has 1 amide bonds. The normalized spacial score (nSPS) is 24.0. The molecule has 2 aromatic carbocycles. The second-order valence-electron chi connectivity index (χ2n) is 8.92. The Bertz CT molecular complexity index is 1070. The molecule has 3 aromatic rings. The van der Waals surface area contributed by atoms with E-state index in [1.807, 2.05) is 29.1 Å². The van der Waals surface area contributed by atoms with Gasteiger partial charge in [-0.15, -0.1) is 16.9 Å². The smallest absolute Gasteiger partial charge is 0.224 e. The molecule has 6 nitrogen and oxygen atoms in total. The molecule has 3 fully saturated rings. The van der Waals surface area contributed by atoms with Gasteiger partial charge >= 0.3 is 0 Å². The molecule has 3 saturated heterocycles. The number of rotatable bonds is 8. The summed E-state index contributed by atoms with van der Waals surface area (Å²) in [7, 11) is 0. The number of aromatic nitrogens is 3. The lowest BCUT2D eigenvalue weighted by Crippen LogP contribution is -2.58. The summed E-state index contributed by atoms with van der Waals surface area (Å²) in [6, 6.07) is 17.0.